The van der Waals surface area contributed by atoms with Gasteiger partial charge >= 0.3 is 6.01 Å². The van der Waals surface area contributed by atoms with Gasteiger partial charge in [0.25, 0.3) is 0 Å². The number of hydrogen-bond acceptors (Lipinski definition) is 6. The first kappa shape index (κ1) is 15.3. The Morgan fingerprint density at radius 1 is 1.40 bits per heavy atom. The maximum Gasteiger partial charge on any atom is 0.322 e. The number of halogens is 1. The average molecular weight is 300 g/mol. The molecule has 20 heavy (non-hydrogen) atoms. The second-order valence-electron chi connectivity index (χ2n) is 5.05. The van der Waals surface area contributed by atoms with Crippen LogP contribution in [0.3, 0.4) is 0 Å². The van der Waals surface area contributed by atoms with Crippen molar-refractivity contribution in [2.24, 2.45) is 0 Å². The molecule has 2 heterocycles. The van der Waals surface area contributed by atoms with Crippen molar-refractivity contribution in [2.75, 3.05) is 32.1 Å². The summed E-state index contributed by atoms with van der Waals surface area (Å²) in [5, 5.41) is 3.24. The van der Waals surface area contributed by atoms with Gasteiger partial charge in [-0.1, -0.05) is 6.92 Å². The lowest BCUT2D eigenvalue weighted by atomic mass is 10.2. The molecule has 1 saturated heterocycles. The fraction of sp³-hybridized carbons (Fsp3) is 0.769. The minimum Gasteiger partial charge on any atom is -0.463 e. The lowest BCUT2D eigenvalue weighted by Crippen LogP contribution is -2.26. The van der Waals surface area contributed by atoms with E-state index in [0.717, 1.165) is 19.4 Å². The average Bonchev–Trinajstić information content (AvgIpc) is 2.82. The maximum atomic E-state index is 5.87. The van der Waals surface area contributed by atoms with Gasteiger partial charge in [-0.15, -0.1) is 0 Å². The Labute approximate surface area is 124 Å². The summed E-state index contributed by atoms with van der Waals surface area (Å²) in [6.07, 6.45) is 4.48. The summed E-state index contributed by atoms with van der Waals surface area (Å²) in [5.74, 6) is 0.472. The van der Waals surface area contributed by atoms with Gasteiger partial charge < -0.3 is 15.0 Å². The van der Waals surface area contributed by atoms with Crippen LogP contribution >= 0.6 is 11.6 Å². The molecule has 0 aromatic carbocycles. The second kappa shape index (κ2) is 7.59. The van der Waals surface area contributed by atoms with Crippen LogP contribution in [0.25, 0.3) is 0 Å². The first-order valence-electron chi connectivity index (χ1n) is 7.17. The smallest absolute Gasteiger partial charge is 0.322 e. The lowest BCUT2D eigenvalue weighted by molar-refractivity contribution is 0.223. The van der Waals surface area contributed by atoms with E-state index in [2.05, 4.69) is 39.1 Å². The molecule has 0 saturated carbocycles. The zero-order valence-corrected chi connectivity index (χ0v) is 12.9. The van der Waals surface area contributed by atoms with Gasteiger partial charge in [-0.05, 0) is 50.9 Å². The summed E-state index contributed by atoms with van der Waals surface area (Å²) in [7, 11) is 2.16. The third kappa shape index (κ3) is 4.45. The highest BCUT2D eigenvalue weighted by molar-refractivity contribution is 6.28. The fourth-order valence-corrected chi connectivity index (χ4v) is 2.49. The van der Waals surface area contributed by atoms with Gasteiger partial charge in [0.15, 0.2) is 0 Å². The molecule has 1 atom stereocenters. The standard InChI is InChI=1S/C13H22ClN5O/c1-3-7-15-12-16-11(14)17-13(18-12)20-9-6-10-5-4-8-19(10)2/h10H,3-9H2,1-2H3,(H,15,16,17,18). The van der Waals surface area contributed by atoms with E-state index >= 15 is 0 Å². The molecule has 6 nitrogen and oxygen atoms in total. The number of likely N-dealkylation sites (tertiary alicyclic amines) is 1. The molecule has 2 rings (SSSR count). The van der Waals surface area contributed by atoms with E-state index in [1.54, 1.807) is 0 Å². The first-order chi connectivity index (χ1) is 9.69. The van der Waals surface area contributed by atoms with Crippen LogP contribution < -0.4 is 10.1 Å². The zero-order valence-electron chi connectivity index (χ0n) is 12.1. The molecular formula is C13H22ClN5O. The number of nitrogens with zero attached hydrogens (tertiary/aromatic N) is 4. The molecule has 1 N–H and O–H groups in total. The molecular weight excluding hydrogens is 278 g/mol. The third-order valence-electron chi connectivity index (χ3n) is 3.47. The van der Waals surface area contributed by atoms with E-state index in [0.29, 0.717) is 24.6 Å². The summed E-state index contributed by atoms with van der Waals surface area (Å²) in [4.78, 5) is 14.6. The Morgan fingerprint density at radius 3 is 2.95 bits per heavy atom. The lowest BCUT2D eigenvalue weighted by Gasteiger charge is -2.18. The molecule has 0 bridgehead atoms. The molecule has 112 valence electrons. The predicted octanol–water partition coefficient (Wildman–Crippen LogP) is 2.21. The fourth-order valence-electron chi connectivity index (χ4n) is 2.34. The molecule has 1 aromatic rings. The van der Waals surface area contributed by atoms with Crippen molar-refractivity contribution in [3.8, 4) is 6.01 Å². The Bertz CT molecular complexity index is 431. The van der Waals surface area contributed by atoms with Crippen LogP contribution in [0.2, 0.25) is 5.28 Å². The van der Waals surface area contributed by atoms with Crippen molar-refractivity contribution < 1.29 is 4.74 Å². The highest BCUT2D eigenvalue weighted by Gasteiger charge is 2.20. The van der Waals surface area contributed by atoms with Crippen LogP contribution in [-0.4, -0.2) is 52.6 Å². The molecule has 0 aliphatic carbocycles. The van der Waals surface area contributed by atoms with Gasteiger partial charge in [0, 0.05) is 12.6 Å². The van der Waals surface area contributed by atoms with Crippen LogP contribution in [0.4, 0.5) is 5.95 Å². The topological polar surface area (TPSA) is 63.2 Å². The van der Waals surface area contributed by atoms with Gasteiger partial charge in [0.1, 0.15) is 0 Å². The summed E-state index contributed by atoms with van der Waals surface area (Å²) < 4.78 is 5.60. The number of ether oxygens (including phenoxy) is 1. The largest absolute Gasteiger partial charge is 0.463 e. The molecule has 0 spiro atoms. The van der Waals surface area contributed by atoms with Crippen molar-refractivity contribution in [1.82, 2.24) is 19.9 Å². The summed E-state index contributed by atoms with van der Waals surface area (Å²) >= 11 is 5.87. The highest BCUT2D eigenvalue weighted by Crippen LogP contribution is 2.18. The SMILES string of the molecule is CCCNc1nc(Cl)nc(OCCC2CCCN2C)n1. The molecule has 1 aromatic heterocycles. The van der Waals surface area contributed by atoms with Gasteiger partial charge in [-0.25, -0.2) is 0 Å². The van der Waals surface area contributed by atoms with E-state index in [4.69, 9.17) is 16.3 Å². The van der Waals surface area contributed by atoms with Crippen molar-refractivity contribution in [1.29, 1.82) is 0 Å². The summed E-state index contributed by atoms with van der Waals surface area (Å²) in [6.45, 7) is 4.65. The van der Waals surface area contributed by atoms with Crippen LogP contribution in [0.1, 0.15) is 32.6 Å². The molecule has 1 aliphatic rings. The van der Waals surface area contributed by atoms with Crippen molar-refractivity contribution in [3.05, 3.63) is 5.28 Å². The molecule has 1 fully saturated rings. The summed E-state index contributed by atoms with van der Waals surface area (Å²) in [5.41, 5.74) is 0. The number of hydrogen-bond donors (Lipinski definition) is 1. The van der Waals surface area contributed by atoms with Gasteiger partial charge in [0.2, 0.25) is 11.2 Å². The summed E-state index contributed by atoms with van der Waals surface area (Å²) in [6, 6.07) is 0.897. The third-order valence-corrected chi connectivity index (χ3v) is 3.64. The van der Waals surface area contributed by atoms with E-state index in [-0.39, 0.29) is 5.28 Å². The highest BCUT2D eigenvalue weighted by atomic mass is 35.5. The van der Waals surface area contributed by atoms with E-state index in [9.17, 15) is 0 Å². The zero-order chi connectivity index (χ0) is 14.4. The van der Waals surface area contributed by atoms with Gasteiger partial charge in [-0.2, -0.15) is 15.0 Å². The molecule has 1 aliphatic heterocycles. The van der Waals surface area contributed by atoms with Crippen molar-refractivity contribution >= 4 is 17.5 Å². The Morgan fingerprint density at radius 2 is 2.25 bits per heavy atom. The second-order valence-corrected chi connectivity index (χ2v) is 5.39. The van der Waals surface area contributed by atoms with Crippen LogP contribution in [0.5, 0.6) is 6.01 Å². The molecule has 0 amide bonds. The van der Waals surface area contributed by atoms with Crippen LogP contribution in [0, 0.1) is 0 Å². The number of aromatic nitrogens is 3. The monoisotopic (exact) mass is 299 g/mol. The van der Waals surface area contributed by atoms with E-state index < -0.39 is 0 Å². The van der Waals surface area contributed by atoms with Gasteiger partial charge in [-0.3, -0.25) is 0 Å². The van der Waals surface area contributed by atoms with Crippen molar-refractivity contribution in [2.45, 2.75) is 38.6 Å². The minimum atomic E-state index is 0.159. The van der Waals surface area contributed by atoms with Gasteiger partial charge in [0.05, 0.1) is 6.61 Å². The Kier molecular flexibility index (Phi) is 5.79. The van der Waals surface area contributed by atoms with E-state index in [1.807, 2.05) is 0 Å². The predicted molar refractivity (Wildman–Crippen MR) is 79.4 cm³/mol. The van der Waals surface area contributed by atoms with Crippen LogP contribution in [-0.2, 0) is 0 Å². The molecule has 1 unspecified atom stereocenters. The quantitative estimate of drug-likeness (QED) is 0.833. The normalized spacial score (nSPS) is 19.2. The Hall–Kier alpha value is -1.14. The van der Waals surface area contributed by atoms with Crippen molar-refractivity contribution in [3.63, 3.8) is 0 Å². The number of rotatable bonds is 7. The number of nitrogens with one attached hydrogen (secondary N) is 1. The first-order valence-corrected chi connectivity index (χ1v) is 7.55. The maximum absolute atomic E-state index is 5.87. The minimum absolute atomic E-state index is 0.159. The van der Waals surface area contributed by atoms with Crippen LogP contribution in [0.15, 0.2) is 0 Å². The van der Waals surface area contributed by atoms with E-state index in [1.165, 1.54) is 19.4 Å². The molecule has 7 heteroatoms. The molecule has 0 radical (unpaired) electrons. The number of anilines is 1. The Balaban J connectivity index is 1.83.